The molecule has 0 radical (unpaired) electrons. The molecule has 2 nitrogen and oxygen atoms in total. The Hall–Kier alpha value is -2.38. The van der Waals surface area contributed by atoms with Gasteiger partial charge in [-0.25, -0.2) is 0 Å². The maximum Gasteiger partial charge on any atom is 0.573 e. The number of fused-ring (bicyclic) bond motifs is 1. The lowest BCUT2D eigenvalue weighted by Gasteiger charge is -2.14. The smallest absolute Gasteiger partial charge is 0.406 e. The molecular weight excluding hydrogens is 336 g/mol. The molecule has 2 aromatic carbocycles. The lowest BCUT2D eigenvalue weighted by Crippen LogP contribution is -2.17. The molecule has 0 fully saturated rings. The number of hydrogen-bond acceptors (Lipinski definition) is 2. The van der Waals surface area contributed by atoms with Gasteiger partial charge in [0.2, 0.25) is 0 Å². The molecule has 0 aliphatic carbocycles. The van der Waals surface area contributed by atoms with Crippen LogP contribution < -0.4 is 10.1 Å². The number of ether oxygens (including phenoxy) is 1. The molecule has 3 rings (SSSR count). The number of anilines is 1. The second-order valence-electron chi connectivity index (χ2n) is 5.39. The van der Waals surface area contributed by atoms with Gasteiger partial charge in [0.25, 0.3) is 0 Å². The molecule has 1 atom stereocenters. The van der Waals surface area contributed by atoms with Gasteiger partial charge in [-0.1, -0.05) is 18.2 Å². The Kier molecular flexibility index (Phi) is 3.85. The highest BCUT2D eigenvalue weighted by Crippen LogP contribution is 2.39. The molecular formula is C16H11F6NO. The van der Waals surface area contributed by atoms with Gasteiger partial charge in [-0.05, 0) is 41.8 Å². The summed E-state index contributed by atoms with van der Waals surface area (Å²) < 4.78 is 78.9. The van der Waals surface area contributed by atoms with Crippen LogP contribution in [0.15, 0.2) is 42.5 Å². The average Bonchev–Trinajstić information content (AvgIpc) is 2.87. The van der Waals surface area contributed by atoms with Gasteiger partial charge >= 0.3 is 12.5 Å². The Morgan fingerprint density at radius 3 is 2.38 bits per heavy atom. The Morgan fingerprint density at radius 1 is 0.958 bits per heavy atom. The van der Waals surface area contributed by atoms with Gasteiger partial charge < -0.3 is 10.1 Å². The van der Waals surface area contributed by atoms with Crippen LogP contribution in [0, 0.1) is 0 Å². The van der Waals surface area contributed by atoms with Crippen LogP contribution in [0.3, 0.4) is 0 Å². The number of hydrogen-bond donors (Lipinski definition) is 1. The van der Waals surface area contributed by atoms with E-state index in [0.29, 0.717) is 23.2 Å². The van der Waals surface area contributed by atoms with Gasteiger partial charge in [0.05, 0.1) is 11.6 Å². The Bertz CT molecular complexity index is 753. The summed E-state index contributed by atoms with van der Waals surface area (Å²) in [6.45, 7) is 0. The quantitative estimate of drug-likeness (QED) is 0.743. The molecule has 1 aliphatic heterocycles. The van der Waals surface area contributed by atoms with E-state index in [1.165, 1.54) is 24.3 Å². The van der Waals surface area contributed by atoms with Gasteiger partial charge in [0.1, 0.15) is 5.75 Å². The first-order chi connectivity index (χ1) is 11.1. The van der Waals surface area contributed by atoms with E-state index in [2.05, 4.69) is 10.1 Å². The minimum atomic E-state index is -4.80. The standard InChI is InChI=1S/C16H11F6NO/c17-15(18,19)11-5-4-10-7-13(23-14(10)8-11)9-2-1-3-12(6-9)24-16(20,21)22/h1-6,8,13,23H,7H2. The molecule has 0 saturated heterocycles. The molecule has 128 valence electrons. The van der Waals surface area contributed by atoms with Crippen LogP contribution in [-0.2, 0) is 12.6 Å². The largest absolute Gasteiger partial charge is 0.573 e. The van der Waals surface area contributed by atoms with Crippen molar-refractivity contribution < 1.29 is 31.1 Å². The van der Waals surface area contributed by atoms with E-state index in [9.17, 15) is 26.3 Å². The molecule has 0 aromatic heterocycles. The van der Waals surface area contributed by atoms with Crippen LogP contribution in [0.1, 0.15) is 22.7 Å². The van der Waals surface area contributed by atoms with E-state index in [1.807, 2.05) is 0 Å². The van der Waals surface area contributed by atoms with Crippen molar-refractivity contribution in [1.29, 1.82) is 0 Å². The summed E-state index contributed by atoms with van der Waals surface area (Å²) >= 11 is 0. The van der Waals surface area contributed by atoms with Crippen LogP contribution in [0.5, 0.6) is 5.75 Å². The zero-order valence-corrected chi connectivity index (χ0v) is 12.0. The second-order valence-corrected chi connectivity index (χ2v) is 5.39. The Balaban J connectivity index is 1.82. The van der Waals surface area contributed by atoms with E-state index >= 15 is 0 Å². The fourth-order valence-corrected chi connectivity index (χ4v) is 2.65. The highest BCUT2D eigenvalue weighted by atomic mass is 19.4. The van der Waals surface area contributed by atoms with E-state index < -0.39 is 24.1 Å². The molecule has 1 unspecified atom stereocenters. The number of nitrogens with one attached hydrogen (secondary N) is 1. The predicted octanol–water partition coefficient (Wildman–Crippen LogP) is 5.31. The van der Waals surface area contributed by atoms with E-state index in [0.717, 1.165) is 12.1 Å². The van der Waals surface area contributed by atoms with Crippen molar-refractivity contribution in [3.8, 4) is 5.75 Å². The summed E-state index contributed by atoms with van der Waals surface area (Å²) in [4.78, 5) is 0. The molecule has 1 N–H and O–H groups in total. The highest BCUT2D eigenvalue weighted by molar-refractivity contribution is 5.60. The van der Waals surface area contributed by atoms with Gasteiger partial charge in [-0.2, -0.15) is 13.2 Å². The molecule has 0 amide bonds. The summed E-state index contributed by atoms with van der Waals surface area (Å²) in [5, 5.41) is 2.92. The minimum Gasteiger partial charge on any atom is -0.406 e. The van der Waals surface area contributed by atoms with Gasteiger partial charge in [0, 0.05) is 5.69 Å². The summed E-state index contributed by atoms with van der Waals surface area (Å²) in [6.07, 6.45) is -8.87. The lowest BCUT2D eigenvalue weighted by molar-refractivity contribution is -0.274. The molecule has 1 heterocycles. The summed E-state index contributed by atoms with van der Waals surface area (Å²) in [6, 6.07) is 8.35. The van der Waals surface area contributed by atoms with Crippen molar-refractivity contribution in [2.75, 3.05) is 5.32 Å². The SMILES string of the molecule is FC(F)(F)Oc1cccc(C2Cc3ccc(C(F)(F)F)cc3N2)c1. The highest BCUT2D eigenvalue weighted by Gasteiger charge is 2.33. The number of rotatable bonds is 2. The van der Waals surface area contributed by atoms with Crippen LogP contribution >= 0.6 is 0 Å². The first-order valence-electron chi connectivity index (χ1n) is 6.94. The second kappa shape index (κ2) is 5.61. The van der Waals surface area contributed by atoms with Crippen molar-refractivity contribution >= 4 is 5.69 Å². The van der Waals surface area contributed by atoms with Crippen molar-refractivity contribution in [1.82, 2.24) is 0 Å². The van der Waals surface area contributed by atoms with Crippen LogP contribution in [-0.4, -0.2) is 6.36 Å². The Labute approximate surface area is 133 Å². The van der Waals surface area contributed by atoms with Crippen LogP contribution in [0.4, 0.5) is 32.0 Å². The zero-order valence-electron chi connectivity index (χ0n) is 12.0. The molecule has 2 aromatic rings. The number of halogens is 6. The summed E-state index contributed by atoms with van der Waals surface area (Å²) in [7, 11) is 0. The van der Waals surface area contributed by atoms with Gasteiger partial charge in [-0.15, -0.1) is 13.2 Å². The molecule has 24 heavy (non-hydrogen) atoms. The third-order valence-electron chi connectivity index (χ3n) is 3.69. The summed E-state index contributed by atoms with van der Waals surface area (Å²) in [5.74, 6) is -0.367. The fourth-order valence-electron chi connectivity index (χ4n) is 2.65. The van der Waals surface area contributed by atoms with Crippen molar-refractivity contribution in [3.05, 3.63) is 59.2 Å². The van der Waals surface area contributed by atoms with E-state index in [1.54, 1.807) is 6.07 Å². The minimum absolute atomic E-state index is 0.331. The lowest BCUT2D eigenvalue weighted by atomic mass is 10.0. The molecule has 0 bridgehead atoms. The van der Waals surface area contributed by atoms with Crippen molar-refractivity contribution in [2.45, 2.75) is 25.0 Å². The van der Waals surface area contributed by atoms with Gasteiger partial charge in [-0.3, -0.25) is 0 Å². The third-order valence-corrected chi connectivity index (χ3v) is 3.69. The Morgan fingerprint density at radius 2 is 1.71 bits per heavy atom. The number of benzene rings is 2. The topological polar surface area (TPSA) is 21.3 Å². The van der Waals surface area contributed by atoms with Gasteiger partial charge in [0.15, 0.2) is 0 Å². The predicted molar refractivity (Wildman–Crippen MR) is 74.6 cm³/mol. The molecule has 0 spiro atoms. The van der Waals surface area contributed by atoms with E-state index in [-0.39, 0.29) is 5.75 Å². The first-order valence-corrected chi connectivity index (χ1v) is 6.94. The average molecular weight is 347 g/mol. The molecule has 1 aliphatic rings. The third kappa shape index (κ3) is 3.58. The zero-order chi connectivity index (χ0) is 17.5. The van der Waals surface area contributed by atoms with Crippen molar-refractivity contribution in [2.24, 2.45) is 0 Å². The van der Waals surface area contributed by atoms with E-state index in [4.69, 9.17) is 0 Å². The molecule has 8 heteroatoms. The normalized spacial score (nSPS) is 17.3. The molecule has 0 saturated carbocycles. The van der Waals surface area contributed by atoms with Crippen LogP contribution in [0.25, 0.3) is 0 Å². The maximum absolute atomic E-state index is 12.7. The first kappa shape index (κ1) is 16.5. The maximum atomic E-state index is 12.7. The van der Waals surface area contributed by atoms with Crippen molar-refractivity contribution in [3.63, 3.8) is 0 Å². The van der Waals surface area contributed by atoms with Crippen LogP contribution in [0.2, 0.25) is 0 Å². The fraction of sp³-hybridized carbons (Fsp3) is 0.250. The monoisotopic (exact) mass is 347 g/mol. The summed E-state index contributed by atoms with van der Waals surface area (Å²) in [5.41, 5.74) is 0.733. The number of alkyl halides is 6.